The highest BCUT2D eigenvalue weighted by Gasteiger charge is 2.15. The van der Waals surface area contributed by atoms with Gasteiger partial charge in [-0.2, -0.15) is 5.26 Å². The van der Waals surface area contributed by atoms with Crippen LogP contribution in [0.3, 0.4) is 0 Å². The Bertz CT molecular complexity index is 390. The van der Waals surface area contributed by atoms with E-state index in [4.69, 9.17) is 10.00 Å². The molecular formula is C15H22N2O. The summed E-state index contributed by atoms with van der Waals surface area (Å²) in [5.41, 5.74) is 0.796. The van der Waals surface area contributed by atoms with E-state index in [1.165, 1.54) is 0 Å². The van der Waals surface area contributed by atoms with Crippen molar-refractivity contribution in [3.8, 4) is 11.8 Å². The summed E-state index contributed by atoms with van der Waals surface area (Å²) in [4.78, 5) is 0. The van der Waals surface area contributed by atoms with Crippen molar-refractivity contribution in [1.82, 2.24) is 0 Å². The first-order chi connectivity index (χ1) is 8.57. The molecule has 0 saturated carbocycles. The summed E-state index contributed by atoms with van der Waals surface area (Å²) >= 11 is 0. The predicted molar refractivity (Wildman–Crippen MR) is 74.7 cm³/mol. The van der Waals surface area contributed by atoms with Crippen LogP contribution in [0.4, 0.5) is 5.69 Å². The fourth-order valence-electron chi connectivity index (χ4n) is 1.46. The first kappa shape index (κ1) is 14.4. The Morgan fingerprint density at radius 1 is 1.28 bits per heavy atom. The molecule has 18 heavy (non-hydrogen) atoms. The molecule has 1 N–H and O–H groups in total. The van der Waals surface area contributed by atoms with Crippen molar-refractivity contribution in [3.05, 3.63) is 24.3 Å². The first-order valence-corrected chi connectivity index (χ1v) is 6.45. The van der Waals surface area contributed by atoms with Crippen LogP contribution in [0.5, 0.6) is 5.75 Å². The molecular weight excluding hydrogens is 224 g/mol. The second-order valence-electron chi connectivity index (χ2n) is 5.05. The van der Waals surface area contributed by atoms with Crippen LogP contribution in [0, 0.1) is 16.7 Å². The van der Waals surface area contributed by atoms with Crippen LogP contribution >= 0.6 is 0 Å². The van der Waals surface area contributed by atoms with Crippen molar-refractivity contribution < 1.29 is 4.74 Å². The normalized spacial score (nSPS) is 10.8. The third-order valence-electron chi connectivity index (χ3n) is 2.71. The highest BCUT2D eigenvalue weighted by atomic mass is 16.5. The molecule has 0 aliphatic rings. The SMILES string of the molecule is CCCOc1ccc(NCCC(C)(C)C#N)cc1. The zero-order valence-corrected chi connectivity index (χ0v) is 11.5. The number of rotatable bonds is 7. The van der Waals surface area contributed by atoms with E-state index in [1.54, 1.807) is 0 Å². The van der Waals surface area contributed by atoms with Crippen molar-refractivity contribution in [1.29, 1.82) is 5.26 Å². The van der Waals surface area contributed by atoms with Gasteiger partial charge >= 0.3 is 0 Å². The van der Waals surface area contributed by atoms with Crippen LogP contribution in [0.2, 0.25) is 0 Å². The van der Waals surface area contributed by atoms with Gasteiger partial charge in [-0.3, -0.25) is 0 Å². The van der Waals surface area contributed by atoms with E-state index >= 15 is 0 Å². The molecule has 0 spiro atoms. The quantitative estimate of drug-likeness (QED) is 0.795. The second kappa shape index (κ2) is 6.90. The Hall–Kier alpha value is -1.69. The minimum absolute atomic E-state index is 0.267. The number of benzene rings is 1. The zero-order valence-electron chi connectivity index (χ0n) is 11.5. The topological polar surface area (TPSA) is 45.0 Å². The number of nitrogens with zero attached hydrogens (tertiary/aromatic N) is 1. The molecule has 1 aromatic carbocycles. The molecule has 0 heterocycles. The lowest BCUT2D eigenvalue weighted by Crippen LogP contribution is -2.14. The third kappa shape index (κ3) is 5.09. The first-order valence-electron chi connectivity index (χ1n) is 6.45. The molecule has 0 aromatic heterocycles. The highest BCUT2D eigenvalue weighted by molar-refractivity contribution is 5.46. The molecule has 0 saturated heterocycles. The fraction of sp³-hybridized carbons (Fsp3) is 0.533. The van der Waals surface area contributed by atoms with Crippen molar-refractivity contribution >= 4 is 5.69 Å². The van der Waals surface area contributed by atoms with Gasteiger partial charge in [0.2, 0.25) is 0 Å². The van der Waals surface area contributed by atoms with E-state index in [9.17, 15) is 0 Å². The largest absolute Gasteiger partial charge is 0.494 e. The molecule has 0 aliphatic carbocycles. The monoisotopic (exact) mass is 246 g/mol. The van der Waals surface area contributed by atoms with Crippen LogP contribution in [-0.2, 0) is 0 Å². The van der Waals surface area contributed by atoms with E-state index in [0.717, 1.165) is 37.4 Å². The predicted octanol–water partition coefficient (Wildman–Crippen LogP) is 3.83. The molecule has 1 aromatic rings. The maximum atomic E-state index is 8.92. The van der Waals surface area contributed by atoms with Gasteiger partial charge in [0.15, 0.2) is 0 Å². The summed E-state index contributed by atoms with van der Waals surface area (Å²) in [7, 11) is 0. The van der Waals surface area contributed by atoms with Gasteiger partial charge in [0.1, 0.15) is 5.75 Å². The molecule has 0 unspecified atom stereocenters. The Labute approximate surface area is 110 Å². The Kier molecular flexibility index (Phi) is 5.51. The molecule has 3 nitrogen and oxygen atoms in total. The average Bonchev–Trinajstić information content (AvgIpc) is 2.38. The van der Waals surface area contributed by atoms with Crippen LogP contribution in [0.1, 0.15) is 33.6 Å². The van der Waals surface area contributed by atoms with Crippen LogP contribution in [0.15, 0.2) is 24.3 Å². The van der Waals surface area contributed by atoms with Gasteiger partial charge in [-0.1, -0.05) is 6.92 Å². The molecule has 0 amide bonds. The molecule has 0 aliphatic heterocycles. The van der Waals surface area contributed by atoms with Gasteiger partial charge in [-0.05, 0) is 51.0 Å². The number of anilines is 1. The van der Waals surface area contributed by atoms with Gasteiger partial charge in [-0.15, -0.1) is 0 Å². The van der Waals surface area contributed by atoms with E-state index in [0.29, 0.717) is 0 Å². The summed E-state index contributed by atoms with van der Waals surface area (Å²) in [6.07, 6.45) is 1.85. The number of ether oxygens (including phenoxy) is 1. The number of nitrogens with one attached hydrogen (secondary N) is 1. The van der Waals surface area contributed by atoms with Gasteiger partial charge in [0.05, 0.1) is 18.1 Å². The lowest BCUT2D eigenvalue weighted by Gasteiger charge is -2.15. The lowest BCUT2D eigenvalue weighted by molar-refractivity contribution is 0.317. The summed E-state index contributed by atoms with van der Waals surface area (Å²) in [5.74, 6) is 0.903. The average molecular weight is 246 g/mol. The minimum atomic E-state index is -0.267. The van der Waals surface area contributed by atoms with Gasteiger partial charge in [0.25, 0.3) is 0 Å². The van der Waals surface area contributed by atoms with Crippen molar-refractivity contribution in [2.24, 2.45) is 5.41 Å². The zero-order chi connectivity index (χ0) is 13.4. The standard InChI is InChI=1S/C15H22N2O/c1-4-11-18-14-7-5-13(6-8-14)17-10-9-15(2,3)12-16/h5-8,17H,4,9-11H2,1-3H3. The number of nitriles is 1. The molecule has 0 atom stereocenters. The second-order valence-corrected chi connectivity index (χ2v) is 5.05. The maximum absolute atomic E-state index is 8.92. The number of hydrogen-bond acceptors (Lipinski definition) is 3. The molecule has 0 bridgehead atoms. The van der Waals surface area contributed by atoms with E-state index in [-0.39, 0.29) is 5.41 Å². The molecule has 1 rings (SSSR count). The molecule has 98 valence electrons. The summed E-state index contributed by atoms with van der Waals surface area (Å²) in [6.45, 7) is 7.55. The fourth-order valence-corrected chi connectivity index (χ4v) is 1.46. The maximum Gasteiger partial charge on any atom is 0.119 e. The van der Waals surface area contributed by atoms with Gasteiger partial charge < -0.3 is 10.1 Å². The van der Waals surface area contributed by atoms with Crippen molar-refractivity contribution in [2.75, 3.05) is 18.5 Å². The summed E-state index contributed by atoms with van der Waals surface area (Å²) < 4.78 is 5.52. The third-order valence-corrected chi connectivity index (χ3v) is 2.71. The lowest BCUT2D eigenvalue weighted by atomic mass is 9.91. The van der Waals surface area contributed by atoms with E-state index in [1.807, 2.05) is 38.1 Å². The van der Waals surface area contributed by atoms with Gasteiger partial charge in [-0.25, -0.2) is 0 Å². The molecule has 0 fully saturated rings. The Balaban J connectivity index is 2.38. The smallest absolute Gasteiger partial charge is 0.119 e. The van der Waals surface area contributed by atoms with E-state index in [2.05, 4.69) is 18.3 Å². The van der Waals surface area contributed by atoms with Crippen molar-refractivity contribution in [2.45, 2.75) is 33.6 Å². The molecule has 3 heteroatoms. The summed E-state index contributed by atoms with van der Waals surface area (Å²) in [5, 5.41) is 12.2. The number of hydrogen-bond donors (Lipinski definition) is 1. The van der Waals surface area contributed by atoms with Crippen LogP contribution in [0.25, 0.3) is 0 Å². The highest BCUT2D eigenvalue weighted by Crippen LogP contribution is 2.20. The van der Waals surface area contributed by atoms with Crippen LogP contribution in [-0.4, -0.2) is 13.2 Å². The van der Waals surface area contributed by atoms with Gasteiger partial charge in [0, 0.05) is 12.2 Å². The Morgan fingerprint density at radius 3 is 2.50 bits per heavy atom. The minimum Gasteiger partial charge on any atom is -0.494 e. The molecule has 0 radical (unpaired) electrons. The van der Waals surface area contributed by atoms with Crippen molar-refractivity contribution in [3.63, 3.8) is 0 Å². The summed E-state index contributed by atoms with van der Waals surface area (Å²) in [6, 6.07) is 10.2. The van der Waals surface area contributed by atoms with Crippen LogP contribution < -0.4 is 10.1 Å². The van der Waals surface area contributed by atoms with E-state index < -0.39 is 0 Å². The Morgan fingerprint density at radius 2 is 1.94 bits per heavy atom.